The van der Waals surface area contributed by atoms with E-state index < -0.39 is 0 Å². The summed E-state index contributed by atoms with van der Waals surface area (Å²) >= 11 is 1.05. The summed E-state index contributed by atoms with van der Waals surface area (Å²) < 4.78 is 5.70. The molecule has 0 aliphatic carbocycles. The van der Waals surface area contributed by atoms with Gasteiger partial charge in [-0.3, -0.25) is 4.79 Å². The van der Waals surface area contributed by atoms with E-state index in [0.717, 1.165) is 17.8 Å². The molecule has 20 heavy (non-hydrogen) atoms. The standard InChI is InChI=1S/C13H16N4O2S/c1-3-8(2)19-10-6-4-5-9(7-10)15-11(18)12-16-17-13(14)20-12/h4-8H,3H2,1-2H3,(H2,14,17)(H,15,18). The molecule has 1 aromatic carbocycles. The molecule has 0 bridgehead atoms. The molecule has 2 rings (SSSR count). The molecule has 1 unspecified atom stereocenters. The summed E-state index contributed by atoms with van der Waals surface area (Å²) in [5.41, 5.74) is 6.09. The smallest absolute Gasteiger partial charge is 0.286 e. The Morgan fingerprint density at radius 1 is 1.50 bits per heavy atom. The number of ether oxygens (including phenoxy) is 1. The predicted molar refractivity (Wildman–Crippen MR) is 79.1 cm³/mol. The quantitative estimate of drug-likeness (QED) is 0.883. The third-order valence-electron chi connectivity index (χ3n) is 2.64. The zero-order valence-electron chi connectivity index (χ0n) is 11.3. The number of carbonyl (C=O) groups excluding carboxylic acids is 1. The Hall–Kier alpha value is -2.15. The maximum atomic E-state index is 11.9. The van der Waals surface area contributed by atoms with Crippen molar-refractivity contribution in [2.24, 2.45) is 0 Å². The van der Waals surface area contributed by atoms with E-state index in [1.54, 1.807) is 12.1 Å². The van der Waals surface area contributed by atoms with Crippen LogP contribution in [0.3, 0.4) is 0 Å². The maximum absolute atomic E-state index is 11.9. The van der Waals surface area contributed by atoms with Gasteiger partial charge < -0.3 is 15.8 Å². The second-order valence-electron chi connectivity index (χ2n) is 4.26. The minimum Gasteiger partial charge on any atom is -0.491 e. The number of hydrogen-bond acceptors (Lipinski definition) is 6. The first kappa shape index (κ1) is 14.3. The van der Waals surface area contributed by atoms with Gasteiger partial charge in [-0.05, 0) is 25.5 Å². The van der Waals surface area contributed by atoms with Gasteiger partial charge in [0.05, 0.1) is 6.10 Å². The number of amides is 1. The molecule has 7 heteroatoms. The van der Waals surface area contributed by atoms with Crippen LogP contribution in [0.2, 0.25) is 0 Å². The summed E-state index contributed by atoms with van der Waals surface area (Å²) in [5, 5.41) is 10.5. The van der Waals surface area contributed by atoms with E-state index in [-0.39, 0.29) is 22.2 Å². The fourth-order valence-electron chi connectivity index (χ4n) is 1.47. The van der Waals surface area contributed by atoms with E-state index >= 15 is 0 Å². The van der Waals surface area contributed by atoms with Gasteiger partial charge in [-0.2, -0.15) is 0 Å². The second-order valence-corrected chi connectivity index (χ2v) is 5.27. The zero-order valence-corrected chi connectivity index (χ0v) is 12.1. The molecule has 1 aromatic heterocycles. The van der Waals surface area contributed by atoms with Crippen molar-refractivity contribution < 1.29 is 9.53 Å². The van der Waals surface area contributed by atoms with Crippen LogP contribution in [-0.2, 0) is 0 Å². The normalized spacial score (nSPS) is 11.9. The molecule has 2 aromatic rings. The Morgan fingerprint density at radius 2 is 2.30 bits per heavy atom. The number of nitrogens with two attached hydrogens (primary N) is 1. The van der Waals surface area contributed by atoms with Gasteiger partial charge >= 0.3 is 0 Å². The van der Waals surface area contributed by atoms with Gasteiger partial charge in [0, 0.05) is 11.8 Å². The Bertz CT molecular complexity index is 600. The van der Waals surface area contributed by atoms with Gasteiger partial charge in [-0.25, -0.2) is 0 Å². The lowest BCUT2D eigenvalue weighted by Gasteiger charge is -2.13. The molecule has 0 fully saturated rings. The minimum atomic E-state index is -0.333. The molecule has 0 radical (unpaired) electrons. The van der Waals surface area contributed by atoms with Crippen molar-refractivity contribution in [3.63, 3.8) is 0 Å². The molecule has 3 N–H and O–H groups in total. The number of carbonyl (C=O) groups is 1. The summed E-state index contributed by atoms with van der Waals surface area (Å²) in [5.74, 6) is 0.383. The van der Waals surface area contributed by atoms with Crippen molar-refractivity contribution >= 4 is 28.1 Å². The highest BCUT2D eigenvalue weighted by Crippen LogP contribution is 2.20. The summed E-state index contributed by atoms with van der Waals surface area (Å²) in [6, 6.07) is 7.23. The van der Waals surface area contributed by atoms with E-state index in [0.29, 0.717) is 11.4 Å². The Balaban J connectivity index is 2.06. The van der Waals surface area contributed by atoms with E-state index in [1.165, 1.54) is 0 Å². The molecular weight excluding hydrogens is 276 g/mol. The van der Waals surface area contributed by atoms with Crippen LogP contribution >= 0.6 is 11.3 Å². The van der Waals surface area contributed by atoms with E-state index in [2.05, 4.69) is 22.4 Å². The third kappa shape index (κ3) is 3.67. The molecule has 1 heterocycles. The van der Waals surface area contributed by atoms with Gasteiger partial charge in [0.25, 0.3) is 5.91 Å². The van der Waals surface area contributed by atoms with Gasteiger partial charge in [0.2, 0.25) is 10.1 Å². The van der Waals surface area contributed by atoms with Gasteiger partial charge in [-0.15, -0.1) is 10.2 Å². The topological polar surface area (TPSA) is 90.1 Å². The van der Waals surface area contributed by atoms with Gasteiger partial charge in [-0.1, -0.05) is 24.3 Å². The number of hydrogen-bond donors (Lipinski definition) is 2. The molecule has 0 aliphatic heterocycles. The average molecular weight is 292 g/mol. The number of nitrogens with one attached hydrogen (secondary N) is 1. The lowest BCUT2D eigenvalue weighted by Crippen LogP contribution is -2.12. The van der Waals surface area contributed by atoms with Crippen molar-refractivity contribution in [1.29, 1.82) is 0 Å². The largest absolute Gasteiger partial charge is 0.491 e. The van der Waals surface area contributed by atoms with Crippen molar-refractivity contribution in [3.8, 4) is 5.75 Å². The van der Waals surface area contributed by atoms with Crippen molar-refractivity contribution in [3.05, 3.63) is 29.3 Å². The van der Waals surface area contributed by atoms with Crippen LogP contribution in [0.1, 0.15) is 30.1 Å². The van der Waals surface area contributed by atoms with Gasteiger partial charge in [0.1, 0.15) is 5.75 Å². The van der Waals surface area contributed by atoms with Gasteiger partial charge in [0.15, 0.2) is 0 Å². The number of aromatic nitrogens is 2. The third-order valence-corrected chi connectivity index (χ3v) is 3.39. The number of anilines is 2. The van der Waals surface area contributed by atoms with E-state index in [1.807, 2.05) is 19.1 Å². The van der Waals surface area contributed by atoms with Crippen LogP contribution in [0, 0.1) is 0 Å². The Labute approximate surface area is 121 Å². The highest BCUT2D eigenvalue weighted by molar-refractivity contribution is 7.16. The summed E-state index contributed by atoms with van der Waals surface area (Å²) in [6.45, 7) is 4.05. The summed E-state index contributed by atoms with van der Waals surface area (Å²) in [4.78, 5) is 11.9. The Morgan fingerprint density at radius 3 is 2.95 bits per heavy atom. The molecular formula is C13H16N4O2S. The monoisotopic (exact) mass is 292 g/mol. The van der Waals surface area contributed by atoms with Crippen molar-refractivity contribution in [1.82, 2.24) is 10.2 Å². The Kier molecular flexibility index (Phi) is 4.52. The zero-order chi connectivity index (χ0) is 14.5. The number of benzene rings is 1. The number of rotatable bonds is 5. The minimum absolute atomic E-state index is 0.129. The van der Waals surface area contributed by atoms with Crippen LogP contribution in [0.4, 0.5) is 10.8 Å². The van der Waals surface area contributed by atoms with Crippen LogP contribution in [0.5, 0.6) is 5.75 Å². The maximum Gasteiger partial charge on any atom is 0.286 e. The lowest BCUT2D eigenvalue weighted by atomic mass is 10.2. The van der Waals surface area contributed by atoms with Crippen molar-refractivity contribution in [2.45, 2.75) is 26.4 Å². The number of nitrogen functional groups attached to an aromatic ring is 1. The molecule has 0 aliphatic rings. The first-order valence-electron chi connectivity index (χ1n) is 6.25. The SMILES string of the molecule is CCC(C)Oc1cccc(NC(=O)c2nnc(N)s2)c1. The summed E-state index contributed by atoms with van der Waals surface area (Å²) in [6.07, 6.45) is 1.05. The average Bonchev–Trinajstić information content (AvgIpc) is 2.86. The molecule has 0 spiro atoms. The van der Waals surface area contributed by atoms with Crippen molar-refractivity contribution in [2.75, 3.05) is 11.1 Å². The van der Waals surface area contributed by atoms with Crippen LogP contribution in [0.25, 0.3) is 0 Å². The van der Waals surface area contributed by atoms with E-state index in [4.69, 9.17) is 10.5 Å². The summed E-state index contributed by atoms with van der Waals surface area (Å²) in [7, 11) is 0. The van der Waals surface area contributed by atoms with Crippen LogP contribution in [-0.4, -0.2) is 22.2 Å². The van der Waals surface area contributed by atoms with E-state index in [9.17, 15) is 4.79 Å². The fourth-order valence-corrected chi connectivity index (χ4v) is 1.98. The number of nitrogens with zero attached hydrogens (tertiary/aromatic N) is 2. The molecule has 0 saturated heterocycles. The lowest BCUT2D eigenvalue weighted by molar-refractivity contribution is 0.102. The highest BCUT2D eigenvalue weighted by atomic mass is 32.1. The second kappa shape index (κ2) is 6.33. The van der Waals surface area contributed by atoms with Crippen LogP contribution < -0.4 is 15.8 Å². The molecule has 6 nitrogen and oxygen atoms in total. The molecule has 0 saturated carbocycles. The first-order chi connectivity index (χ1) is 9.58. The highest BCUT2D eigenvalue weighted by Gasteiger charge is 2.12. The molecule has 1 amide bonds. The van der Waals surface area contributed by atoms with Crippen LogP contribution in [0.15, 0.2) is 24.3 Å². The first-order valence-corrected chi connectivity index (χ1v) is 7.07. The molecule has 1 atom stereocenters. The fraction of sp³-hybridized carbons (Fsp3) is 0.308. The molecule has 106 valence electrons. The predicted octanol–water partition coefficient (Wildman–Crippen LogP) is 2.55.